The van der Waals surface area contributed by atoms with Gasteiger partial charge in [0.05, 0.1) is 17.4 Å². The summed E-state index contributed by atoms with van der Waals surface area (Å²) in [6.45, 7) is 5.64. The van der Waals surface area contributed by atoms with Crippen LogP contribution in [-0.2, 0) is 6.54 Å². The van der Waals surface area contributed by atoms with Crippen LogP contribution in [0.1, 0.15) is 31.3 Å². The summed E-state index contributed by atoms with van der Waals surface area (Å²) in [7, 11) is 0. The van der Waals surface area contributed by atoms with Crippen molar-refractivity contribution in [1.82, 2.24) is 14.1 Å². The quantitative estimate of drug-likeness (QED) is 0.500. The smallest absolute Gasteiger partial charge is 0.332 e. The predicted molar refractivity (Wildman–Crippen MR) is 114 cm³/mol. The van der Waals surface area contributed by atoms with Crippen LogP contribution in [-0.4, -0.2) is 14.1 Å². The third kappa shape index (κ3) is 3.40. The molecule has 2 aromatic carbocycles. The van der Waals surface area contributed by atoms with E-state index in [0.29, 0.717) is 33.3 Å². The number of halogens is 1. The highest BCUT2D eigenvalue weighted by Gasteiger charge is 2.18. The van der Waals surface area contributed by atoms with Crippen LogP contribution in [0.5, 0.6) is 0 Å². The Balaban J connectivity index is 1.87. The summed E-state index contributed by atoms with van der Waals surface area (Å²) in [5.41, 5.74) is 1.31. The molecule has 0 radical (unpaired) electrons. The molecule has 6 nitrogen and oxygen atoms in total. The third-order valence-corrected chi connectivity index (χ3v) is 5.10. The fourth-order valence-electron chi connectivity index (χ4n) is 3.42. The zero-order valence-corrected chi connectivity index (χ0v) is 17.1. The fourth-order valence-corrected chi connectivity index (χ4v) is 3.61. The van der Waals surface area contributed by atoms with E-state index in [2.05, 4.69) is 4.98 Å². The van der Waals surface area contributed by atoms with Crippen LogP contribution in [0.15, 0.2) is 62.5 Å². The van der Waals surface area contributed by atoms with Crippen LogP contribution in [0.25, 0.3) is 22.4 Å². The van der Waals surface area contributed by atoms with Crippen LogP contribution >= 0.6 is 11.6 Å². The second kappa shape index (κ2) is 7.37. The topological polar surface area (TPSA) is 70.0 Å². The lowest BCUT2D eigenvalue weighted by Gasteiger charge is -2.15. The molecule has 0 bridgehead atoms. The number of para-hydroxylation sites is 1. The molecule has 0 N–H and O–H groups in total. The molecule has 0 aliphatic carbocycles. The summed E-state index contributed by atoms with van der Waals surface area (Å²) in [6, 6.07) is 14.1. The lowest BCUT2D eigenvalue weighted by molar-refractivity contribution is 0.517. The van der Waals surface area contributed by atoms with Gasteiger partial charge in [0.2, 0.25) is 5.89 Å². The molecule has 148 valence electrons. The average molecular weight is 410 g/mol. The van der Waals surface area contributed by atoms with E-state index in [4.69, 9.17) is 16.0 Å². The number of hydrogen-bond donors (Lipinski definition) is 0. The van der Waals surface area contributed by atoms with E-state index >= 15 is 0 Å². The van der Waals surface area contributed by atoms with Gasteiger partial charge in [0.15, 0.2) is 0 Å². The first-order valence-electron chi connectivity index (χ1n) is 9.33. The number of rotatable bonds is 4. The SMILES string of the molecule is Cc1oc(-c2cccc(Cl)c2)nc1Cn1c(=O)n(C(C)C)c(=O)c2ccccc21. The molecule has 0 aliphatic heterocycles. The zero-order valence-electron chi connectivity index (χ0n) is 16.3. The highest BCUT2D eigenvalue weighted by molar-refractivity contribution is 6.30. The third-order valence-electron chi connectivity index (χ3n) is 4.87. The van der Waals surface area contributed by atoms with Gasteiger partial charge in [-0.25, -0.2) is 9.78 Å². The van der Waals surface area contributed by atoms with Gasteiger partial charge in [-0.15, -0.1) is 0 Å². The molecule has 2 heterocycles. The number of aryl methyl sites for hydroxylation is 1. The van der Waals surface area contributed by atoms with Gasteiger partial charge in [0, 0.05) is 16.6 Å². The first kappa shape index (κ1) is 19.2. The maximum absolute atomic E-state index is 13.1. The second-order valence-electron chi connectivity index (χ2n) is 7.19. The first-order valence-corrected chi connectivity index (χ1v) is 9.71. The van der Waals surface area contributed by atoms with E-state index in [-0.39, 0.29) is 23.8 Å². The summed E-state index contributed by atoms with van der Waals surface area (Å²) in [5.74, 6) is 1.05. The lowest BCUT2D eigenvalue weighted by atomic mass is 10.2. The minimum atomic E-state index is -0.365. The van der Waals surface area contributed by atoms with Gasteiger partial charge in [-0.1, -0.05) is 29.8 Å². The first-order chi connectivity index (χ1) is 13.9. The Hall–Kier alpha value is -3.12. The van der Waals surface area contributed by atoms with Gasteiger partial charge in [0.25, 0.3) is 5.56 Å². The number of benzene rings is 2. The highest BCUT2D eigenvalue weighted by Crippen LogP contribution is 2.25. The number of nitrogens with zero attached hydrogens (tertiary/aromatic N) is 3. The Labute approximate surface area is 172 Å². The molecule has 4 aromatic rings. The van der Waals surface area contributed by atoms with E-state index < -0.39 is 0 Å². The van der Waals surface area contributed by atoms with Crippen LogP contribution in [0.2, 0.25) is 5.02 Å². The molecule has 0 spiro atoms. The molecule has 0 unspecified atom stereocenters. The number of hydrogen-bond acceptors (Lipinski definition) is 4. The minimum absolute atomic E-state index is 0.197. The molecule has 2 aromatic heterocycles. The molecule has 29 heavy (non-hydrogen) atoms. The standard InChI is InChI=1S/C22H20ClN3O3/c1-13(2)26-21(27)17-9-4-5-10-19(17)25(22(26)28)12-18-14(3)29-20(24-18)15-7-6-8-16(23)11-15/h4-11,13H,12H2,1-3H3. The van der Waals surface area contributed by atoms with Crippen molar-refractivity contribution < 1.29 is 4.42 Å². The number of fused-ring (bicyclic) bond motifs is 1. The largest absolute Gasteiger partial charge is 0.441 e. The van der Waals surface area contributed by atoms with E-state index in [1.54, 1.807) is 34.9 Å². The van der Waals surface area contributed by atoms with Gasteiger partial charge in [-0.05, 0) is 51.1 Å². The summed E-state index contributed by atoms with van der Waals surface area (Å²) in [5, 5.41) is 1.09. The van der Waals surface area contributed by atoms with Gasteiger partial charge in [0.1, 0.15) is 11.5 Å². The number of aromatic nitrogens is 3. The summed E-state index contributed by atoms with van der Waals surface area (Å²) in [6.07, 6.45) is 0. The van der Waals surface area contributed by atoms with Gasteiger partial charge in [-0.2, -0.15) is 0 Å². The fraction of sp³-hybridized carbons (Fsp3) is 0.227. The molecule has 0 saturated heterocycles. The maximum atomic E-state index is 13.1. The molecule has 7 heteroatoms. The van der Waals surface area contributed by atoms with Crippen molar-refractivity contribution in [3.8, 4) is 11.5 Å². The van der Waals surface area contributed by atoms with Crippen molar-refractivity contribution in [3.63, 3.8) is 0 Å². The minimum Gasteiger partial charge on any atom is -0.441 e. The molecular weight excluding hydrogens is 390 g/mol. The Kier molecular flexibility index (Phi) is 4.88. The normalized spacial score (nSPS) is 11.5. The maximum Gasteiger partial charge on any atom is 0.332 e. The van der Waals surface area contributed by atoms with E-state index in [0.717, 1.165) is 5.56 Å². The van der Waals surface area contributed by atoms with E-state index in [1.807, 2.05) is 39.0 Å². The van der Waals surface area contributed by atoms with Crippen LogP contribution in [0.3, 0.4) is 0 Å². The Bertz CT molecular complexity index is 1330. The molecule has 0 atom stereocenters. The Morgan fingerprint density at radius 2 is 1.86 bits per heavy atom. The molecular formula is C22H20ClN3O3. The molecule has 4 rings (SSSR count). The van der Waals surface area contributed by atoms with Gasteiger partial charge in [-0.3, -0.25) is 13.9 Å². The van der Waals surface area contributed by atoms with Crippen LogP contribution < -0.4 is 11.2 Å². The monoisotopic (exact) mass is 409 g/mol. The molecule has 0 amide bonds. The van der Waals surface area contributed by atoms with Gasteiger partial charge >= 0.3 is 5.69 Å². The van der Waals surface area contributed by atoms with Crippen molar-refractivity contribution >= 4 is 22.5 Å². The predicted octanol–water partition coefficient (Wildman–Crippen LogP) is 4.41. The molecule has 0 fully saturated rings. The van der Waals surface area contributed by atoms with Gasteiger partial charge < -0.3 is 4.42 Å². The summed E-state index contributed by atoms with van der Waals surface area (Å²) < 4.78 is 8.67. The van der Waals surface area contributed by atoms with E-state index in [1.165, 1.54) is 4.57 Å². The van der Waals surface area contributed by atoms with Crippen molar-refractivity contribution in [2.24, 2.45) is 0 Å². The molecule has 0 aliphatic rings. The Morgan fingerprint density at radius 1 is 1.10 bits per heavy atom. The van der Waals surface area contributed by atoms with Crippen molar-refractivity contribution in [2.75, 3.05) is 0 Å². The summed E-state index contributed by atoms with van der Waals surface area (Å²) in [4.78, 5) is 30.5. The van der Waals surface area contributed by atoms with Crippen molar-refractivity contribution in [2.45, 2.75) is 33.4 Å². The zero-order chi connectivity index (χ0) is 20.7. The van der Waals surface area contributed by atoms with Crippen molar-refractivity contribution in [1.29, 1.82) is 0 Å². The Morgan fingerprint density at radius 3 is 2.59 bits per heavy atom. The van der Waals surface area contributed by atoms with E-state index in [9.17, 15) is 9.59 Å². The molecule has 0 saturated carbocycles. The lowest BCUT2D eigenvalue weighted by Crippen LogP contribution is -2.41. The second-order valence-corrected chi connectivity index (χ2v) is 7.62. The highest BCUT2D eigenvalue weighted by atomic mass is 35.5. The van der Waals surface area contributed by atoms with Crippen LogP contribution in [0.4, 0.5) is 0 Å². The average Bonchev–Trinajstić information content (AvgIpc) is 3.05. The van der Waals surface area contributed by atoms with Crippen molar-refractivity contribution in [3.05, 3.63) is 85.8 Å². The number of oxazole rings is 1. The summed E-state index contributed by atoms with van der Waals surface area (Å²) >= 11 is 6.07. The van der Waals surface area contributed by atoms with Crippen LogP contribution in [0, 0.1) is 6.92 Å².